The third-order valence-corrected chi connectivity index (χ3v) is 5.32. The van der Waals surface area contributed by atoms with Gasteiger partial charge in [-0.2, -0.15) is 10.1 Å². The van der Waals surface area contributed by atoms with Crippen LogP contribution in [0.4, 0.5) is 0 Å². The number of benzene rings is 2. The highest BCUT2D eigenvalue weighted by molar-refractivity contribution is 5.58. The lowest BCUT2D eigenvalue weighted by Gasteiger charge is -2.04. The van der Waals surface area contributed by atoms with Crippen LogP contribution in [0.5, 0.6) is 0 Å². The molecule has 5 aromatic rings. The van der Waals surface area contributed by atoms with Crippen LogP contribution in [0.25, 0.3) is 23.0 Å². The standard InChI is InChI=1S/C25H23N5O/c1-18-5-7-21(8-6-18)17-30-19(2)15-23(27-30)25-26-24(28-31-25)22-11-9-20(10-12-22)16-29-13-3-4-14-29/h3-15H,16-17H2,1-2H3. The molecular formula is C25H23N5O. The first-order valence-corrected chi connectivity index (χ1v) is 10.3. The molecule has 0 unspecified atom stereocenters. The summed E-state index contributed by atoms with van der Waals surface area (Å²) in [4.78, 5) is 4.57. The molecule has 0 amide bonds. The Labute approximate surface area is 180 Å². The highest BCUT2D eigenvalue weighted by atomic mass is 16.5. The fourth-order valence-corrected chi connectivity index (χ4v) is 3.53. The minimum Gasteiger partial charge on any atom is -0.350 e. The van der Waals surface area contributed by atoms with Gasteiger partial charge in [0.15, 0.2) is 5.69 Å². The third kappa shape index (κ3) is 4.19. The van der Waals surface area contributed by atoms with Gasteiger partial charge in [-0.3, -0.25) is 4.68 Å². The number of hydrogen-bond donors (Lipinski definition) is 0. The van der Waals surface area contributed by atoms with Crippen molar-refractivity contribution < 1.29 is 4.52 Å². The van der Waals surface area contributed by atoms with Gasteiger partial charge in [-0.25, -0.2) is 0 Å². The summed E-state index contributed by atoms with van der Waals surface area (Å²) in [5.74, 6) is 0.991. The minimum atomic E-state index is 0.428. The Kier molecular flexibility index (Phi) is 4.96. The summed E-state index contributed by atoms with van der Waals surface area (Å²) in [6, 6.07) is 22.7. The van der Waals surface area contributed by atoms with Crippen LogP contribution in [0, 0.1) is 13.8 Å². The minimum absolute atomic E-state index is 0.428. The van der Waals surface area contributed by atoms with E-state index >= 15 is 0 Å². The van der Waals surface area contributed by atoms with Crippen molar-refractivity contribution in [2.75, 3.05) is 0 Å². The molecule has 0 radical (unpaired) electrons. The Morgan fingerprint density at radius 3 is 2.26 bits per heavy atom. The quantitative estimate of drug-likeness (QED) is 0.391. The molecular weight excluding hydrogens is 386 g/mol. The zero-order valence-electron chi connectivity index (χ0n) is 17.6. The second-order valence-corrected chi connectivity index (χ2v) is 7.79. The van der Waals surface area contributed by atoms with Crippen LogP contribution in [0.2, 0.25) is 0 Å². The maximum atomic E-state index is 5.51. The topological polar surface area (TPSA) is 61.7 Å². The van der Waals surface area contributed by atoms with Crippen molar-refractivity contribution in [2.24, 2.45) is 0 Å². The second kappa shape index (κ2) is 8.07. The summed E-state index contributed by atoms with van der Waals surface area (Å²) in [5.41, 5.74) is 6.32. The lowest BCUT2D eigenvalue weighted by atomic mass is 10.1. The largest absolute Gasteiger partial charge is 0.350 e. The van der Waals surface area contributed by atoms with E-state index in [1.807, 2.05) is 41.9 Å². The van der Waals surface area contributed by atoms with Crippen LogP contribution in [0.3, 0.4) is 0 Å². The molecule has 0 bridgehead atoms. The molecule has 0 atom stereocenters. The molecule has 0 aliphatic carbocycles. The molecule has 154 valence electrons. The van der Waals surface area contributed by atoms with Crippen LogP contribution in [-0.2, 0) is 13.1 Å². The zero-order valence-corrected chi connectivity index (χ0v) is 17.6. The van der Waals surface area contributed by atoms with Crippen molar-refractivity contribution in [2.45, 2.75) is 26.9 Å². The van der Waals surface area contributed by atoms with E-state index in [4.69, 9.17) is 4.52 Å². The SMILES string of the molecule is Cc1ccc(Cn2nc(-c3nc(-c4ccc(Cn5cccc5)cc4)no3)cc2C)cc1. The average Bonchev–Trinajstić information content (AvgIpc) is 3.53. The second-order valence-electron chi connectivity index (χ2n) is 7.79. The summed E-state index contributed by atoms with van der Waals surface area (Å²) < 4.78 is 9.61. The van der Waals surface area contributed by atoms with E-state index in [0.29, 0.717) is 24.0 Å². The first kappa shape index (κ1) is 19.1. The van der Waals surface area contributed by atoms with Gasteiger partial charge in [-0.1, -0.05) is 59.3 Å². The number of aryl methyl sites for hydroxylation is 2. The summed E-state index contributed by atoms with van der Waals surface area (Å²) >= 11 is 0. The predicted molar refractivity (Wildman–Crippen MR) is 120 cm³/mol. The number of rotatable bonds is 6. The van der Waals surface area contributed by atoms with Gasteiger partial charge in [-0.05, 0) is 43.2 Å². The molecule has 0 spiro atoms. The van der Waals surface area contributed by atoms with E-state index in [0.717, 1.165) is 17.8 Å². The average molecular weight is 409 g/mol. The zero-order chi connectivity index (χ0) is 21.2. The lowest BCUT2D eigenvalue weighted by molar-refractivity contribution is 0.430. The van der Waals surface area contributed by atoms with Gasteiger partial charge in [0.25, 0.3) is 5.89 Å². The summed E-state index contributed by atoms with van der Waals surface area (Å²) in [7, 11) is 0. The van der Waals surface area contributed by atoms with Crippen molar-refractivity contribution in [1.29, 1.82) is 0 Å². The molecule has 0 saturated heterocycles. The van der Waals surface area contributed by atoms with Gasteiger partial charge in [0.05, 0.1) is 6.54 Å². The van der Waals surface area contributed by atoms with Gasteiger partial charge in [0.2, 0.25) is 5.82 Å². The fourth-order valence-electron chi connectivity index (χ4n) is 3.53. The third-order valence-electron chi connectivity index (χ3n) is 5.32. The molecule has 0 N–H and O–H groups in total. The molecule has 0 fully saturated rings. The van der Waals surface area contributed by atoms with Gasteiger partial charge in [0.1, 0.15) is 0 Å². The molecule has 5 rings (SSSR count). The van der Waals surface area contributed by atoms with E-state index in [-0.39, 0.29) is 0 Å². The summed E-state index contributed by atoms with van der Waals surface area (Å²) in [6.45, 7) is 5.66. The molecule has 2 aromatic carbocycles. The van der Waals surface area contributed by atoms with Crippen LogP contribution >= 0.6 is 0 Å². The smallest absolute Gasteiger partial charge is 0.278 e. The van der Waals surface area contributed by atoms with Crippen molar-refractivity contribution in [1.82, 2.24) is 24.5 Å². The van der Waals surface area contributed by atoms with Crippen LogP contribution in [-0.4, -0.2) is 24.5 Å². The highest BCUT2D eigenvalue weighted by Gasteiger charge is 2.15. The molecule has 3 aromatic heterocycles. The Balaban J connectivity index is 1.33. The lowest BCUT2D eigenvalue weighted by Crippen LogP contribution is -2.03. The Hall–Kier alpha value is -3.93. The van der Waals surface area contributed by atoms with Crippen molar-refractivity contribution >= 4 is 0 Å². The monoisotopic (exact) mass is 409 g/mol. The van der Waals surface area contributed by atoms with Gasteiger partial charge in [-0.15, -0.1) is 0 Å². The van der Waals surface area contributed by atoms with E-state index in [2.05, 4.69) is 75.5 Å². The first-order chi connectivity index (χ1) is 15.1. The molecule has 0 saturated carbocycles. The fraction of sp³-hybridized carbons (Fsp3) is 0.160. The van der Waals surface area contributed by atoms with E-state index in [1.54, 1.807) is 0 Å². The number of hydrogen-bond acceptors (Lipinski definition) is 4. The van der Waals surface area contributed by atoms with Gasteiger partial charge in [0, 0.05) is 30.2 Å². The molecule has 31 heavy (non-hydrogen) atoms. The normalized spacial score (nSPS) is 11.2. The van der Waals surface area contributed by atoms with E-state index in [1.165, 1.54) is 16.7 Å². The first-order valence-electron chi connectivity index (χ1n) is 10.3. The maximum Gasteiger partial charge on any atom is 0.278 e. The van der Waals surface area contributed by atoms with Crippen LogP contribution < -0.4 is 0 Å². The van der Waals surface area contributed by atoms with Crippen LogP contribution in [0.1, 0.15) is 22.4 Å². The Bertz CT molecular complexity index is 1280. The van der Waals surface area contributed by atoms with Crippen molar-refractivity contribution in [3.63, 3.8) is 0 Å². The maximum absolute atomic E-state index is 5.51. The summed E-state index contributed by atoms with van der Waals surface area (Å²) in [5, 5.41) is 8.84. The Morgan fingerprint density at radius 1 is 0.839 bits per heavy atom. The molecule has 6 heteroatoms. The van der Waals surface area contributed by atoms with E-state index in [9.17, 15) is 0 Å². The van der Waals surface area contributed by atoms with Crippen LogP contribution in [0.15, 0.2) is 83.6 Å². The predicted octanol–water partition coefficient (Wildman–Crippen LogP) is 5.12. The van der Waals surface area contributed by atoms with Gasteiger partial charge >= 0.3 is 0 Å². The van der Waals surface area contributed by atoms with Crippen molar-refractivity contribution in [3.05, 3.63) is 102 Å². The number of aromatic nitrogens is 5. The van der Waals surface area contributed by atoms with Crippen molar-refractivity contribution in [3.8, 4) is 23.0 Å². The van der Waals surface area contributed by atoms with Gasteiger partial charge < -0.3 is 9.09 Å². The molecule has 3 heterocycles. The Morgan fingerprint density at radius 2 is 1.52 bits per heavy atom. The molecule has 6 nitrogen and oxygen atoms in total. The highest BCUT2D eigenvalue weighted by Crippen LogP contribution is 2.23. The number of nitrogens with zero attached hydrogens (tertiary/aromatic N) is 5. The van der Waals surface area contributed by atoms with E-state index < -0.39 is 0 Å². The molecule has 0 aliphatic rings. The summed E-state index contributed by atoms with van der Waals surface area (Å²) in [6.07, 6.45) is 4.11. The molecule has 0 aliphatic heterocycles.